The van der Waals surface area contributed by atoms with Crippen LogP contribution < -0.4 is 0 Å². The summed E-state index contributed by atoms with van der Waals surface area (Å²) in [5, 5.41) is 0. The molecule has 0 amide bonds. The lowest BCUT2D eigenvalue weighted by Gasteiger charge is -2.24. The van der Waals surface area contributed by atoms with E-state index in [0.717, 1.165) is 70.6 Å². The molecule has 9 nitrogen and oxygen atoms in total. The molecule has 1 N–H and O–H groups in total. The molecule has 2 unspecified atom stereocenters. The Kier molecular flexibility index (Phi) is 72.2. The maximum absolute atomic E-state index is 12.9. The number of carbonyl (C=O) groups excluding carboxylic acids is 2. The van der Waals surface area contributed by atoms with Gasteiger partial charge in [-0.1, -0.05) is 369 Å². The SMILES string of the molecule is CC/C=C\C/C=C\C/C=C\C/C=C\C/C=C\C/C=C\CCCCCCCCCCCCCCCCCCCCCCC(=O)OC(COC(=O)CCCCCCCCCCCCCCCCCCCCC/C=C\CCCCCCCCCC)COP(=O)(O)OCC[N+](C)(C)C. The summed E-state index contributed by atoms with van der Waals surface area (Å²) < 4.78 is 34.8. The molecule has 0 heterocycles. The fraction of sp³-hybridized carbons (Fsp3) is 0.810. The molecule has 0 bridgehead atoms. The number of esters is 2. The van der Waals surface area contributed by atoms with Crippen LogP contribution in [0.4, 0.5) is 0 Å². The maximum Gasteiger partial charge on any atom is 0.472 e. The first kappa shape index (κ1) is 91.2. The van der Waals surface area contributed by atoms with Crippen LogP contribution in [-0.2, 0) is 32.7 Å². The normalized spacial score (nSPS) is 13.5. The molecule has 0 rings (SSSR count). The minimum absolute atomic E-state index is 0.0327. The Balaban J connectivity index is 3.93. The van der Waals surface area contributed by atoms with E-state index in [9.17, 15) is 19.0 Å². The van der Waals surface area contributed by atoms with E-state index in [-0.39, 0.29) is 25.6 Å². The monoisotopic (exact) mass is 1340 g/mol. The van der Waals surface area contributed by atoms with E-state index in [2.05, 4.69) is 98.9 Å². The Labute approximate surface area is 583 Å². The van der Waals surface area contributed by atoms with Crippen LogP contribution in [0.15, 0.2) is 85.1 Å². The molecule has 0 aromatic heterocycles. The van der Waals surface area contributed by atoms with Gasteiger partial charge in [-0.05, 0) is 89.9 Å². The smallest absolute Gasteiger partial charge is 0.462 e. The number of quaternary nitrogens is 1. The number of carbonyl (C=O) groups is 2. The third kappa shape index (κ3) is 78.2. The van der Waals surface area contributed by atoms with Crippen LogP contribution in [0.3, 0.4) is 0 Å². The summed E-state index contributed by atoms with van der Waals surface area (Å²) in [6, 6.07) is 0. The summed E-state index contributed by atoms with van der Waals surface area (Å²) in [6.45, 7) is 4.38. The Bertz CT molecular complexity index is 1860. The summed E-state index contributed by atoms with van der Waals surface area (Å²) in [5.41, 5.74) is 0. The number of allylic oxidation sites excluding steroid dienone is 14. The lowest BCUT2D eigenvalue weighted by atomic mass is 10.0. The largest absolute Gasteiger partial charge is 0.472 e. The molecule has 548 valence electrons. The number of hydrogen-bond acceptors (Lipinski definition) is 7. The number of ether oxygens (including phenoxy) is 2. The second-order valence-electron chi connectivity index (χ2n) is 28.4. The zero-order valence-electron chi connectivity index (χ0n) is 62.7. The van der Waals surface area contributed by atoms with Crippen molar-refractivity contribution >= 4 is 19.8 Å². The van der Waals surface area contributed by atoms with E-state index in [1.165, 1.54) is 283 Å². The van der Waals surface area contributed by atoms with E-state index >= 15 is 0 Å². The minimum atomic E-state index is -4.40. The molecule has 0 fully saturated rings. The van der Waals surface area contributed by atoms with Crippen molar-refractivity contribution in [2.75, 3.05) is 47.5 Å². The molecular weight excluding hydrogens is 1180 g/mol. The zero-order chi connectivity index (χ0) is 68.3. The number of rotatable bonds is 75. The average Bonchev–Trinajstić information content (AvgIpc) is 1.56. The van der Waals surface area contributed by atoms with Gasteiger partial charge >= 0.3 is 19.8 Å². The predicted molar refractivity (Wildman–Crippen MR) is 409 cm³/mol. The van der Waals surface area contributed by atoms with Gasteiger partial charge in [0, 0.05) is 12.8 Å². The molecule has 0 saturated carbocycles. The molecular formula is C84H155NO8P+. The lowest BCUT2D eigenvalue weighted by molar-refractivity contribution is -0.870. The number of hydrogen-bond donors (Lipinski definition) is 1. The third-order valence-corrected chi connectivity index (χ3v) is 18.9. The van der Waals surface area contributed by atoms with E-state index in [4.69, 9.17) is 18.5 Å². The summed E-state index contributed by atoms with van der Waals surface area (Å²) in [6.07, 6.45) is 103. The molecule has 0 saturated heterocycles. The molecule has 0 aliphatic heterocycles. The first-order chi connectivity index (χ1) is 46.0. The molecule has 0 spiro atoms. The van der Waals surface area contributed by atoms with Crippen LogP contribution in [0, 0.1) is 0 Å². The van der Waals surface area contributed by atoms with Crippen molar-refractivity contribution in [1.29, 1.82) is 0 Å². The summed E-state index contributed by atoms with van der Waals surface area (Å²) >= 11 is 0. The first-order valence-electron chi connectivity index (χ1n) is 40.3. The number of likely N-dealkylation sites (N-methyl/N-ethyl adjacent to an activating group) is 1. The standard InChI is InChI=1S/C84H154NO8P/c1-6-8-10-12-14-16-18-20-22-24-26-28-30-32-34-36-38-39-40-41-42-43-44-45-47-49-51-53-55-57-59-61-63-65-67-69-71-73-75-77-84(87)93-82(81-92-94(88,89)91-79-78-85(3,4)5)80-90-83(86)76-74-72-70-68-66-64-62-60-58-56-54-52-50-48-46-37-35-33-31-29-27-25-23-21-19-17-15-13-11-9-7-2/h8,10,14,16,20,22,25-28,32,34,38-39,82H,6-7,9,11-13,15,17-19,21,23-24,29-31,33,35-37,40-81H2,1-5H3/p+1/b10-8-,16-14-,22-20-,27-25-,28-26-,34-32-,39-38-. The van der Waals surface area contributed by atoms with Crippen molar-refractivity contribution in [2.45, 2.75) is 392 Å². The molecule has 0 aliphatic carbocycles. The van der Waals surface area contributed by atoms with Crippen molar-refractivity contribution in [3.05, 3.63) is 85.1 Å². The Hall–Kier alpha value is -2.81. The second kappa shape index (κ2) is 74.4. The average molecular weight is 1340 g/mol. The molecule has 0 radical (unpaired) electrons. The number of nitrogens with zero attached hydrogens (tertiary/aromatic N) is 1. The fourth-order valence-corrected chi connectivity index (χ4v) is 12.5. The molecule has 0 aliphatic rings. The summed E-state index contributed by atoms with van der Waals surface area (Å²) in [5.74, 6) is -0.777. The second-order valence-corrected chi connectivity index (χ2v) is 29.9. The van der Waals surface area contributed by atoms with Crippen LogP contribution in [0.1, 0.15) is 386 Å². The fourth-order valence-electron chi connectivity index (χ4n) is 11.8. The summed E-state index contributed by atoms with van der Waals surface area (Å²) in [4.78, 5) is 36.0. The van der Waals surface area contributed by atoms with Crippen molar-refractivity contribution in [1.82, 2.24) is 0 Å². The number of phosphoric acid groups is 1. The van der Waals surface area contributed by atoms with Gasteiger partial charge in [0.25, 0.3) is 0 Å². The van der Waals surface area contributed by atoms with Crippen LogP contribution in [0.2, 0.25) is 0 Å². The topological polar surface area (TPSA) is 108 Å². The van der Waals surface area contributed by atoms with E-state index in [0.29, 0.717) is 23.9 Å². The molecule has 0 aromatic rings. The minimum Gasteiger partial charge on any atom is -0.462 e. The van der Waals surface area contributed by atoms with Crippen LogP contribution in [0.5, 0.6) is 0 Å². The highest BCUT2D eigenvalue weighted by atomic mass is 31.2. The highest BCUT2D eigenvalue weighted by Crippen LogP contribution is 2.43. The quantitative estimate of drug-likeness (QED) is 0.0211. The van der Waals surface area contributed by atoms with Gasteiger partial charge in [0.15, 0.2) is 6.10 Å². The van der Waals surface area contributed by atoms with Gasteiger partial charge in [-0.2, -0.15) is 0 Å². The van der Waals surface area contributed by atoms with Gasteiger partial charge in [-0.25, -0.2) is 4.57 Å². The molecule has 10 heteroatoms. The predicted octanol–water partition coefficient (Wildman–Crippen LogP) is 26.8. The van der Waals surface area contributed by atoms with Crippen LogP contribution in [-0.4, -0.2) is 74.9 Å². The third-order valence-electron chi connectivity index (χ3n) is 17.9. The van der Waals surface area contributed by atoms with Crippen molar-refractivity contribution in [3.8, 4) is 0 Å². The zero-order valence-corrected chi connectivity index (χ0v) is 63.6. The van der Waals surface area contributed by atoms with Crippen LogP contribution >= 0.6 is 7.82 Å². The van der Waals surface area contributed by atoms with E-state index in [1.54, 1.807) is 0 Å². The highest BCUT2D eigenvalue weighted by molar-refractivity contribution is 7.47. The molecule has 2 atom stereocenters. The van der Waals surface area contributed by atoms with Crippen molar-refractivity contribution < 1.29 is 42.1 Å². The van der Waals surface area contributed by atoms with Gasteiger partial charge in [0.2, 0.25) is 0 Å². The van der Waals surface area contributed by atoms with Gasteiger partial charge in [-0.15, -0.1) is 0 Å². The lowest BCUT2D eigenvalue weighted by Crippen LogP contribution is -2.37. The number of phosphoric ester groups is 1. The maximum atomic E-state index is 12.9. The Morgan fingerprint density at radius 2 is 0.606 bits per heavy atom. The van der Waals surface area contributed by atoms with Gasteiger partial charge in [-0.3, -0.25) is 18.6 Å². The van der Waals surface area contributed by atoms with Gasteiger partial charge in [0.05, 0.1) is 27.7 Å². The van der Waals surface area contributed by atoms with Crippen LogP contribution in [0.25, 0.3) is 0 Å². The molecule has 94 heavy (non-hydrogen) atoms. The van der Waals surface area contributed by atoms with Gasteiger partial charge in [0.1, 0.15) is 19.8 Å². The van der Waals surface area contributed by atoms with Crippen molar-refractivity contribution in [3.63, 3.8) is 0 Å². The van der Waals surface area contributed by atoms with E-state index in [1.807, 2.05) is 21.1 Å². The summed E-state index contributed by atoms with van der Waals surface area (Å²) in [7, 11) is 1.49. The first-order valence-corrected chi connectivity index (χ1v) is 41.8. The molecule has 0 aromatic carbocycles. The number of unbranched alkanes of at least 4 members (excludes halogenated alkanes) is 47. The Morgan fingerprint density at radius 3 is 0.915 bits per heavy atom. The van der Waals surface area contributed by atoms with E-state index < -0.39 is 26.5 Å². The van der Waals surface area contributed by atoms with Crippen molar-refractivity contribution in [2.24, 2.45) is 0 Å². The highest BCUT2D eigenvalue weighted by Gasteiger charge is 2.27. The van der Waals surface area contributed by atoms with Gasteiger partial charge < -0.3 is 18.9 Å². The Morgan fingerprint density at radius 1 is 0.340 bits per heavy atom.